The van der Waals surface area contributed by atoms with E-state index in [1.807, 2.05) is 0 Å². The second kappa shape index (κ2) is 7.22. The zero-order valence-corrected chi connectivity index (χ0v) is 9.05. The minimum Gasteiger partial charge on any atom is -0.390 e. The lowest BCUT2D eigenvalue weighted by molar-refractivity contribution is 0.0617. The van der Waals surface area contributed by atoms with Crippen LogP contribution in [0.15, 0.2) is 0 Å². The molecule has 1 saturated carbocycles. The number of rotatable bonds is 0. The summed E-state index contributed by atoms with van der Waals surface area (Å²) in [5, 5.41) is 9.49. The van der Waals surface area contributed by atoms with Gasteiger partial charge in [-0.3, -0.25) is 0 Å². The van der Waals surface area contributed by atoms with E-state index in [-0.39, 0.29) is 0 Å². The molecular formula is C12H23FO. The third-order valence-electron chi connectivity index (χ3n) is 3.15. The van der Waals surface area contributed by atoms with E-state index in [1.54, 1.807) is 0 Å². The summed E-state index contributed by atoms with van der Waals surface area (Å²) in [5.74, 6) is 0. The van der Waals surface area contributed by atoms with E-state index in [1.165, 1.54) is 25.7 Å². The van der Waals surface area contributed by atoms with Crippen LogP contribution in [-0.2, 0) is 0 Å². The highest BCUT2D eigenvalue weighted by Gasteiger charge is 2.17. The number of aliphatic hydroxyl groups excluding tert-OH is 1. The van der Waals surface area contributed by atoms with Crippen molar-refractivity contribution >= 4 is 0 Å². The van der Waals surface area contributed by atoms with Crippen molar-refractivity contribution in [3.8, 4) is 0 Å². The fourth-order valence-corrected chi connectivity index (χ4v) is 2.13. The molecule has 2 atom stereocenters. The van der Waals surface area contributed by atoms with Crippen LogP contribution in [0.2, 0.25) is 0 Å². The summed E-state index contributed by atoms with van der Waals surface area (Å²) in [6.45, 7) is 0. The topological polar surface area (TPSA) is 20.2 Å². The van der Waals surface area contributed by atoms with Crippen LogP contribution in [0.1, 0.15) is 64.2 Å². The van der Waals surface area contributed by atoms with Gasteiger partial charge in [-0.05, 0) is 12.8 Å². The maximum atomic E-state index is 13.3. The van der Waals surface area contributed by atoms with E-state index in [9.17, 15) is 9.50 Å². The van der Waals surface area contributed by atoms with Crippen molar-refractivity contribution in [3.63, 3.8) is 0 Å². The first-order valence-corrected chi connectivity index (χ1v) is 6.13. The molecule has 1 fully saturated rings. The maximum absolute atomic E-state index is 13.3. The quantitative estimate of drug-likeness (QED) is 0.636. The second-order valence-electron chi connectivity index (χ2n) is 4.49. The van der Waals surface area contributed by atoms with Crippen molar-refractivity contribution in [2.45, 2.75) is 76.5 Å². The van der Waals surface area contributed by atoms with Gasteiger partial charge in [-0.15, -0.1) is 0 Å². The molecule has 1 aliphatic rings. The summed E-state index contributed by atoms with van der Waals surface area (Å²) in [6, 6.07) is 0. The molecule has 1 nitrogen and oxygen atoms in total. The Morgan fingerprint density at radius 2 is 1.14 bits per heavy atom. The molecule has 0 bridgehead atoms. The van der Waals surface area contributed by atoms with Crippen LogP contribution in [0.25, 0.3) is 0 Å². The van der Waals surface area contributed by atoms with Crippen LogP contribution in [0, 0.1) is 0 Å². The second-order valence-corrected chi connectivity index (χ2v) is 4.49. The first-order chi connectivity index (χ1) is 6.80. The molecule has 0 heterocycles. The largest absolute Gasteiger partial charge is 0.390 e. The van der Waals surface area contributed by atoms with E-state index >= 15 is 0 Å². The fraction of sp³-hybridized carbons (Fsp3) is 1.00. The Labute approximate surface area is 86.7 Å². The Morgan fingerprint density at radius 1 is 0.714 bits per heavy atom. The van der Waals surface area contributed by atoms with Crippen molar-refractivity contribution in [2.24, 2.45) is 0 Å². The van der Waals surface area contributed by atoms with Crippen molar-refractivity contribution < 1.29 is 9.50 Å². The lowest BCUT2D eigenvalue weighted by Crippen LogP contribution is -2.21. The lowest BCUT2D eigenvalue weighted by atomic mass is 9.98. The molecule has 1 aliphatic carbocycles. The van der Waals surface area contributed by atoms with Crippen LogP contribution in [0.4, 0.5) is 4.39 Å². The highest BCUT2D eigenvalue weighted by molar-refractivity contribution is 4.68. The van der Waals surface area contributed by atoms with Crippen molar-refractivity contribution in [3.05, 3.63) is 0 Å². The Hall–Kier alpha value is -0.110. The summed E-state index contributed by atoms with van der Waals surface area (Å²) < 4.78 is 13.3. The molecule has 0 aliphatic heterocycles. The summed E-state index contributed by atoms with van der Waals surface area (Å²) in [4.78, 5) is 0. The van der Waals surface area contributed by atoms with Crippen LogP contribution >= 0.6 is 0 Å². The van der Waals surface area contributed by atoms with Crippen molar-refractivity contribution in [1.29, 1.82) is 0 Å². The molecular weight excluding hydrogens is 179 g/mol. The molecule has 2 heteroatoms. The monoisotopic (exact) mass is 202 g/mol. The van der Waals surface area contributed by atoms with E-state index < -0.39 is 12.3 Å². The van der Waals surface area contributed by atoms with Crippen LogP contribution in [0.5, 0.6) is 0 Å². The molecule has 1 N–H and O–H groups in total. The zero-order chi connectivity index (χ0) is 10.2. The van der Waals surface area contributed by atoms with Gasteiger partial charge in [0.25, 0.3) is 0 Å². The molecule has 0 spiro atoms. The molecule has 0 saturated heterocycles. The van der Waals surface area contributed by atoms with Crippen molar-refractivity contribution in [1.82, 2.24) is 0 Å². The Morgan fingerprint density at radius 3 is 1.71 bits per heavy atom. The van der Waals surface area contributed by atoms with Gasteiger partial charge in [0, 0.05) is 0 Å². The van der Waals surface area contributed by atoms with Gasteiger partial charge >= 0.3 is 0 Å². The summed E-state index contributed by atoms with van der Waals surface area (Å²) in [6.07, 6.45) is 8.86. The number of hydrogen-bond acceptors (Lipinski definition) is 1. The number of hydrogen-bond donors (Lipinski definition) is 1. The molecule has 0 aromatic carbocycles. The molecule has 1 rings (SSSR count). The van der Waals surface area contributed by atoms with Crippen molar-refractivity contribution in [2.75, 3.05) is 0 Å². The Kier molecular flexibility index (Phi) is 6.17. The molecule has 0 unspecified atom stereocenters. The minimum absolute atomic E-state index is 0.557. The first kappa shape index (κ1) is 12.0. The van der Waals surface area contributed by atoms with E-state index in [0.717, 1.165) is 25.7 Å². The predicted molar refractivity (Wildman–Crippen MR) is 57.1 cm³/mol. The van der Waals surface area contributed by atoms with Crippen LogP contribution in [0.3, 0.4) is 0 Å². The third kappa shape index (κ3) is 4.94. The average Bonchev–Trinajstić information content (AvgIpc) is 2.18. The fourth-order valence-electron chi connectivity index (χ4n) is 2.13. The molecule has 14 heavy (non-hydrogen) atoms. The average molecular weight is 202 g/mol. The highest BCUT2D eigenvalue weighted by atomic mass is 19.1. The number of alkyl halides is 1. The molecule has 0 aromatic heterocycles. The van der Waals surface area contributed by atoms with Gasteiger partial charge in [0.05, 0.1) is 6.10 Å². The minimum atomic E-state index is -0.977. The summed E-state index contributed by atoms with van der Waals surface area (Å²) in [5.41, 5.74) is 0. The standard InChI is InChI=1S/C12H23FO/c13-11-9-7-5-3-1-2-4-6-8-10-12(11)14/h11-12,14H,1-10H2/t11-,12-/m0/s1. The smallest absolute Gasteiger partial charge is 0.126 e. The highest BCUT2D eigenvalue weighted by Crippen LogP contribution is 2.18. The molecule has 0 radical (unpaired) electrons. The van der Waals surface area contributed by atoms with Gasteiger partial charge in [-0.2, -0.15) is 0 Å². The Balaban J connectivity index is 2.23. The van der Waals surface area contributed by atoms with E-state index in [0.29, 0.717) is 12.8 Å². The summed E-state index contributed by atoms with van der Waals surface area (Å²) >= 11 is 0. The lowest BCUT2D eigenvalue weighted by Gasteiger charge is -2.16. The van der Waals surface area contributed by atoms with Crippen LogP contribution in [-0.4, -0.2) is 17.4 Å². The Bertz CT molecular complexity index is 122. The molecule has 0 amide bonds. The van der Waals surface area contributed by atoms with E-state index in [2.05, 4.69) is 0 Å². The zero-order valence-electron chi connectivity index (χ0n) is 9.05. The van der Waals surface area contributed by atoms with Gasteiger partial charge in [0.15, 0.2) is 0 Å². The predicted octanol–water partition coefficient (Wildman–Crippen LogP) is 3.60. The van der Waals surface area contributed by atoms with Gasteiger partial charge in [-0.1, -0.05) is 51.4 Å². The van der Waals surface area contributed by atoms with Gasteiger partial charge < -0.3 is 5.11 Å². The number of halogens is 1. The normalized spacial score (nSPS) is 33.0. The van der Waals surface area contributed by atoms with Gasteiger partial charge in [-0.25, -0.2) is 4.39 Å². The maximum Gasteiger partial charge on any atom is 0.126 e. The SMILES string of the molecule is O[C@H]1CCCCCCCCCC[C@@H]1F. The molecule has 0 aromatic rings. The number of aliphatic hydroxyl groups is 1. The summed E-state index contributed by atoms with van der Waals surface area (Å²) in [7, 11) is 0. The van der Waals surface area contributed by atoms with Gasteiger partial charge in [0.1, 0.15) is 6.17 Å². The third-order valence-corrected chi connectivity index (χ3v) is 3.15. The van der Waals surface area contributed by atoms with Crippen LogP contribution < -0.4 is 0 Å². The van der Waals surface area contributed by atoms with Gasteiger partial charge in [0.2, 0.25) is 0 Å². The van der Waals surface area contributed by atoms with E-state index in [4.69, 9.17) is 0 Å². The first-order valence-electron chi connectivity index (χ1n) is 6.13. The molecule has 84 valence electrons.